The maximum absolute atomic E-state index is 10.6. The van der Waals surface area contributed by atoms with E-state index in [1.165, 1.54) is 6.08 Å². The molecule has 0 radical (unpaired) electrons. The van der Waals surface area contributed by atoms with Crippen LogP contribution in [0.15, 0.2) is 54.1 Å². The number of hydrogen-bond acceptors (Lipinski definition) is 3. The number of aliphatic hydroxyl groups is 1. The molecule has 0 aliphatic heterocycles. The minimum Gasteiger partial charge on any atom is -0.327 e. The molecule has 0 aromatic heterocycles. The third kappa shape index (κ3) is 2.60. The molecule has 0 amide bonds. The van der Waals surface area contributed by atoms with E-state index in [-0.39, 0.29) is 6.42 Å². The van der Waals surface area contributed by atoms with E-state index >= 15 is 0 Å². The Morgan fingerprint density at radius 1 is 1.35 bits per heavy atom. The van der Waals surface area contributed by atoms with Gasteiger partial charge in [-0.05, 0) is 17.6 Å². The lowest BCUT2D eigenvalue weighted by Crippen LogP contribution is -2.36. The highest BCUT2D eigenvalue weighted by Gasteiger charge is 2.37. The van der Waals surface area contributed by atoms with Gasteiger partial charge < -0.3 is 5.11 Å². The fourth-order valence-electron chi connectivity index (χ4n) is 1.76. The SMILES string of the molecule is O=[N+]([O-])C1(O)C=CC(Cc2ccccc2)=CC1. The third-order valence-corrected chi connectivity index (χ3v) is 2.80. The van der Waals surface area contributed by atoms with Crippen LogP contribution in [-0.4, -0.2) is 15.8 Å². The number of nitro groups is 1. The number of allylic oxidation sites excluding steroid dienone is 2. The quantitative estimate of drug-likeness (QED) is 0.492. The van der Waals surface area contributed by atoms with Crippen LogP contribution in [0.1, 0.15) is 12.0 Å². The van der Waals surface area contributed by atoms with Crippen LogP contribution in [0.5, 0.6) is 0 Å². The average molecular weight is 231 g/mol. The highest BCUT2D eigenvalue weighted by atomic mass is 16.7. The molecule has 2 rings (SSSR count). The van der Waals surface area contributed by atoms with Crippen molar-refractivity contribution in [2.45, 2.75) is 18.6 Å². The van der Waals surface area contributed by atoms with Crippen molar-refractivity contribution < 1.29 is 10.0 Å². The minimum absolute atomic E-state index is 0.0265. The highest BCUT2D eigenvalue weighted by molar-refractivity contribution is 5.32. The number of hydrogen-bond donors (Lipinski definition) is 1. The number of nitrogens with zero attached hydrogens (tertiary/aromatic N) is 1. The van der Waals surface area contributed by atoms with Crippen LogP contribution in [0.4, 0.5) is 0 Å². The Labute approximate surface area is 99.0 Å². The molecule has 88 valence electrons. The molecule has 4 nitrogen and oxygen atoms in total. The van der Waals surface area contributed by atoms with Gasteiger partial charge in [0.05, 0.1) is 11.3 Å². The Kier molecular flexibility index (Phi) is 3.06. The summed E-state index contributed by atoms with van der Waals surface area (Å²) in [6.45, 7) is 0. The van der Waals surface area contributed by atoms with Crippen molar-refractivity contribution in [1.82, 2.24) is 0 Å². The average Bonchev–Trinajstić information content (AvgIpc) is 2.33. The molecule has 1 aliphatic carbocycles. The van der Waals surface area contributed by atoms with Crippen LogP contribution in [0.2, 0.25) is 0 Å². The van der Waals surface area contributed by atoms with Gasteiger partial charge in [-0.1, -0.05) is 42.5 Å². The van der Waals surface area contributed by atoms with Crippen LogP contribution in [-0.2, 0) is 6.42 Å². The fourth-order valence-corrected chi connectivity index (χ4v) is 1.76. The summed E-state index contributed by atoms with van der Waals surface area (Å²) in [5.41, 5.74) is 0.206. The molecule has 1 atom stereocenters. The van der Waals surface area contributed by atoms with Crippen LogP contribution >= 0.6 is 0 Å². The van der Waals surface area contributed by atoms with Crippen molar-refractivity contribution in [2.75, 3.05) is 0 Å². The van der Waals surface area contributed by atoms with E-state index in [0.717, 1.165) is 17.6 Å². The van der Waals surface area contributed by atoms with Gasteiger partial charge in [-0.2, -0.15) is 0 Å². The summed E-state index contributed by atoms with van der Waals surface area (Å²) in [5, 5.41) is 20.2. The largest absolute Gasteiger partial charge is 0.345 e. The maximum atomic E-state index is 10.6. The van der Waals surface area contributed by atoms with Gasteiger partial charge in [0, 0.05) is 6.08 Å². The van der Waals surface area contributed by atoms with Crippen molar-refractivity contribution in [3.8, 4) is 0 Å². The summed E-state index contributed by atoms with van der Waals surface area (Å²) in [7, 11) is 0. The van der Waals surface area contributed by atoms with Gasteiger partial charge in [0.2, 0.25) is 0 Å². The zero-order valence-corrected chi connectivity index (χ0v) is 9.24. The fraction of sp³-hybridized carbons (Fsp3) is 0.231. The molecular weight excluding hydrogens is 218 g/mol. The van der Waals surface area contributed by atoms with Crippen LogP contribution in [0, 0.1) is 10.1 Å². The van der Waals surface area contributed by atoms with Crippen LogP contribution < -0.4 is 0 Å². The second-order valence-corrected chi connectivity index (χ2v) is 4.11. The highest BCUT2D eigenvalue weighted by Crippen LogP contribution is 2.23. The van der Waals surface area contributed by atoms with Gasteiger partial charge in [-0.3, -0.25) is 10.1 Å². The van der Waals surface area contributed by atoms with Gasteiger partial charge in [0.25, 0.3) is 0 Å². The van der Waals surface area contributed by atoms with Crippen LogP contribution in [0.25, 0.3) is 0 Å². The smallest absolute Gasteiger partial charge is 0.327 e. The van der Waals surface area contributed by atoms with E-state index in [1.807, 2.05) is 30.3 Å². The first-order valence-electron chi connectivity index (χ1n) is 5.39. The standard InChI is InChI=1S/C13H13NO3/c15-13(14(16)17)8-6-12(7-9-13)10-11-4-2-1-3-5-11/h1-8,15H,9-10H2. The minimum atomic E-state index is -1.93. The lowest BCUT2D eigenvalue weighted by Gasteiger charge is -2.17. The van der Waals surface area contributed by atoms with Crippen molar-refractivity contribution >= 4 is 0 Å². The first-order chi connectivity index (χ1) is 8.10. The first kappa shape index (κ1) is 11.5. The topological polar surface area (TPSA) is 63.4 Å². The molecule has 1 N–H and O–H groups in total. The van der Waals surface area contributed by atoms with Gasteiger partial charge in [-0.25, -0.2) is 0 Å². The molecule has 0 saturated carbocycles. The van der Waals surface area contributed by atoms with Gasteiger partial charge in [0.1, 0.15) is 0 Å². The molecule has 17 heavy (non-hydrogen) atoms. The zero-order chi connectivity index (χ0) is 12.3. The normalized spacial score (nSPS) is 23.2. The summed E-state index contributed by atoms with van der Waals surface area (Å²) >= 11 is 0. The predicted octanol–water partition coefficient (Wildman–Crippen LogP) is 2.08. The summed E-state index contributed by atoms with van der Waals surface area (Å²) in [5.74, 6) is 0. The van der Waals surface area contributed by atoms with Gasteiger partial charge in [0.15, 0.2) is 0 Å². The van der Waals surface area contributed by atoms with Gasteiger partial charge in [-0.15, -0.1) is 0 Å². The Morgan fingerprint density at radius 2 is 2.06 bits per heavy atom. The summed E-state index contributed by atoms with van der Waals surface area (Å²) in [6.07, 6.45) is 5.35. The van der Waals surface area contributed by atoms with E-state index in [0.29, 0.717) is 0 Å². The Hall–Kier alpha value is -1.94. The zero-order valence-electron chi connectivity index (χ0n) is 9.24. The van der Waals surface area contributed by atoms with E-state index in [2.05, 4.69) is 0 Å². The van der Waals surface area contributed by atoms with E-state index in [1.54, 1.807) is 12.2 Å². The molecule has 0 spiro atoms. The van der Waals surface area contributed by atoms with E-state index < -0.39 is 10.6 Å². The Bertz CT molecular complexity index is 479. The molecule has 0 heterocycles. The summed E-state index contributed by atoms with van der Waals surface area (Å²) in [4.78, 5) is 9.95. The lowest BCUT2D eigenvalue weighted by atomic mass is 9.96. The number of rotatable bonds is 3. The molecular formula is C13H13NO3. The Balaban J connectivity index is 2.06. The second kappa shape index (κ2) is 4.51. The van der Waals surface area contributed by atoms with E-state index in [9.17, 15) is 15.2 Å². The maximum Gasteiger partial charge on any atom is 0.345 e. The molecule has 1 unspecified atom stereocenters. The lowest BCUT2D eigenvalue weighted by molar-refractivity contribution is -0.607. The Morgan fingerprint density at radius 3 is 2.59 bits per heavy atom. The molecule has 1 aromatic rings. The molecule has 0 saturated heterocycles. The molecule has 1 aromatic carbocycles. The van der Waals surface area contributed by atoms with E-state index in [4.69, 9.17) is 0 Å². The first-order valence-corrected chi connectivity index (χ1v) is 5.39. The molecule has 1 aliphatic rings. The second-order valence-electron chi connectivity index (χ2n) is 4.11. The summed E-state index contributed by atoms with van der Waals surface area (Å²) < 4.78 is 0. The van der Waals surface area contributed by atoms with Crippen LogP contribution in [0.3, 0.4) is 0 Å². The predicted molar refractivity (Wildman–Crippen MR) is 63.9 cm³/mol. The molecule has 0 bridgehead atoms. The van der Waals surface area contributed by atoms with Crippen molar-refractivity contribution in [3.63, 3.8) is 0 Å². The third-order valence-electron chi connectivity index (χ3n) is 2.80. The molecule has 4 heteroatoms. The van der Waals surface area contributed by atoms with Crippen molar-refractivity contribution in [1.29, 1.82) is 0 Å². The summed E-state index contributed by atoms with van der Waals surface area (Å²) in [6, 6.07) is 9.86. The van der Waals surface area contributed by atoms with Crippen molar-refractivity contribution in [2.24, 2.45) is 0 Å². The van der Waals surface area contributed by atoms with Gasteiger partial charge >= 0.3 is 5.72 Å². The molecule has 0 fully saturated rings. The number of benzene rings is 1. The monoisotopic (exact) mass is 231 g/mol. The van der Waals surface area contributed by atoms with Crippen molar-refractivity contribution in [3.05, 3.63) is 69.8 Å².